The van der Waals surface area contributed by atoms with Gasteiger partial charge in [-0.3, -0.25) is 9.59 Å². The van der Waals surface area contributed by atoms with Crippen molar-refractivity contribution in [1.29, 1.82) is 0 Å². The monoisotopic (exact) mass is 355 g/mol. The highest BCUT2D eigenvalue weighted by atomic mass is 19.1. The Morgan fingerprint density at radius 2 is 1.52 bits per heavy atom. The molecular weight excluding hydrogens is 341 g/mol. The molecule has 4 aromatic rings. The van der Waals surface area contributed by atoms with Gasteiger partial charge in [-0.15, -0.1) is 0 Å². The smallest absolute Gasteiger partial charge is 0.259 e. The van der Waals surface area contributed by atoms with Gasteiger partial charge in [0.1, 0.15) is 5.82 Å². The first-order valence-electron chi connectivity index (χ1n) is 8.63. The molecule has 0 atom stereocenters. The van der Waals surface area contributed by atoms with E-state index < -0.39 is 5.82 Å². The molecule has 27 heavy (non-hydrogen) atoms. The van der Waals surface area contributed by atoms with Gasteiger partial charge in [0.05, 0.1) is 11.3 Å². The van der Waals surface area contributed by atoms with Crippen molar-refractivity contribution in [2.45, 2.75) is 0 Å². The van der Waals surface area contributed by atoms with E-state index in [0.29, 0.717) is 16.7 Å². The first-order valence-corrected chi connectivity index (χ1v) is 8.63. The Hall–Kier alpha value is -3.53. The van der Waals surface area contributed by atoms with Crippen LogP contribution in [-0.4, -0.2) is 18.7 Å². The molecule has 0 N–H and O–H groups in total. The first kappa shape index (κ1) is 15.7. The van der Waals surface area contributed by atoms with Crippen molar-refractivity contribution in [3.63, 3.8) is 0 Å². The molecular formula is C23H14FNO2. The van der Waals surface area contributed by atoms with E-state index in [1.54, 1.807) is 11.9 Å². The van der Waals surface area contributed by atoms with Gasteiger partial charge >= 0.3 is 0 Å². The molecule has 0 saturated carbocycles. The molecule has 0 saturated heterocycles. The minimum atomic E-state index is -0.405. The maximum Gasteiger partial charge on any atom is 0.259 e. The summed E-state index contributed by atoms with van der Waals surface area (Å²) in [5.74, 6) is -0.878. The quantitative estimate of drug-likeness (QED) is 0.377. The van der Waals surface area contributed by atoms with Crippen LogP contribution in [0, 0.1) is 5.82 Å². The summed E-state index contributed by atoms with van der Waals surface area (Å²) in [6, 6.07) is 18.8. The Morgan fingerprint density at radius 3 is 2.26 bits per heavy atom. The van der Waals surface area contributed by atoms with Crippen molar-refractivity contribution < 1.29 is 14.0 Å². The minimum absolute atomic E-state index is 0.197. The molecule has 1 aliphatic heterocycles. The molecule has 0 aromatic heterocycles. The van der Waals surface area contributed by atoms with E-state index in [2.05, 4.69) is 0 Å². The number of nitrogens with zero attached hydrogens (tertiary/aromatic N) is 1. The van der Waals surface area contributed by atoms with Crippen molar-refractivity contribution in [1.82, 2.24) is 0 Å². The van der Waals surface area contributed by atoms with Gasteiger partial charge in [0.25, 0.3) is 5.91 Å². The summed E-state index contributed by atoms with van der Waals surface area (Å²) in [4.78, 5) is 28.0. The summed E-state index contributed by atoms with van der Waals surface area (Å²) in [5.41, 5.74) is 1.96. The molecule has 0 aliphatic carbocycles. The van der Waals surface area contributed by atoms with Crippen LogP contribution in [0.5, 0.6) is 0 Å². The summed E-state index contributed by atoms with van der Waals surface area (Å²) in [6.45, 7) is 0. The van der Waals surface area contributed by atoms with Gasteiger partial charge in [0, 0.05) is 23.6 Å². The zero-order valence-corrected chi connectivity index (χ0v) is 14.5. The molecule has 3 nitrogen and oxygen atoms in total. The Labute approximate surface area is 154 Å². The number of hydrogen-bond acceptors (Lipinski definition) is 2. The predicted octanol–water partition coefficient (Wildman–Crippen LogP) is 4.95. The summed E-state index contributed by atoms with van der Waals surface area (Å²) >= 11 is 0. The Kier molecular flexibility index (Phi) is 3.19. The summed E-state index contributed by atoms with van der Waals surface area (Å²) in [7, 11) is 1.72. The SMILES string of the molecule is CN1C(=O)c2c(C(=O)c3ccc(F)cc3)c3ccccc3c3cccc1c23. The standard InChI is InChI=1S/C23H14FNO2/c1-25-18-8-4-7-16-15-5-2-3-6-17(15)20(21(19(16)18)23(25)27)22(26)13-9-11-14(24)12-10-13/h2-12H,1H3. The van der Waals surface area contributed by atoms with Crippen LogP contribution in [0.2, 0.25) is 0 Å². The molecule has 0 radical (unpaired) electrons. The fraction of sp³-hybridized carbons (Fsp3) is 0.0435. The highest BCUT2D eigenvalue weighted by Crippen LogP contribution is 2.43. The molecule has 0 unspecified atom stereocenters. The van der Waals surface area contributed by atoms with Crippen LogP contribution < -0.4 is 4.90 Å². The Balaban J connectivity index is 1.94. The molecule has 0 fully saturated rings. The summed E-state index contributed by atoms with van der Waals surface area (Å²) in [5, 5.41) is 3.41. The average Bonchev–Trinajstić information content (AvgIpc) is 2.95. The van der Waals surface area contributed by atoms with Gasteiger partial charge in [-0.25, -0.2) is 4.39 Å². The van der Waals surface area contributed by atoms with Gasteiger partial charge in [0.15, 0.2) is 5.78 Å². The number of carbonyl (C=O) groups is 2. The fourth-order valence-electron chi connectivity index (χ4n) is 3.97. The normalized spacial score (nSPS) is 13.0. The van der Waals surface area contributed by atoms with Gasteiger partial charge in [-0.05, 0) is 46.5 Å². The second-order valence-electron chi connectivity index (χ2n) is 6.70. The number of benzene rings is 4. The lowest BCUT2D eigenvalue weighted by Crippen LogP contribution is -2.22. The number of amides is 1. The van der Waals surface area contributed by atoms with E-state index in [1.807, 2.05) is 42.5 Å². The molecule has 1 amide bonds. The molecule has 4 aromatic carbocycles. The van der Waals surface area contributed by atoms with Crippen LogP contribution in [0.1, 0.15) is 26.3 Å². The van der Waals surface area contributed by atoms with Crippen LogP contribution in [-0.2, 0) is 0 Å². The lowest BCUT2D eigenvalue weighted by Gasteiger charge is -2.12. The van der Waals surface area contributed by atoms with Crippen LogP contribution in [0.25, 0.3) is 21.5 Å². The number of ketones is 1. The highest BCUT2D eigenvalue weighted by molar-refractivity contribution is 6.36. The molecule has 1 heterocycles. The van der Waals surface area contributed by atoms with Crippen LogP contribution >= 0.6 is 0 Å². The molecule has 4 heteroatoms. The first-order chi connectivity index (χ1) is 13.1. The van der Waals surface area contributed by atoms with Gasteiger partial charge in [-0.2, -0.15) is 0 Å². The topological polar surface area (TPSA) is 37.4 Å². The number of carbonyl (C=O) groups excluding carboxylic acids is 2. The van der Waals surface area contributed by atoms with Gasteiger partial charge in [-0.1, -0.05) is 36.4 Å². The number of anilines is 1. The molecule has 1 aliphatic rings. The molecule has 0 spiro atoms. The summed E-state index contributed by atoms with van der Waals surface area (Å²) < 4.78 is 13.3. The molecule has 0 bridgehead atoms. The number of rotatable bonds is 2. The average molecular weight is 355 g/mol. The van der Waals surface area contributed by atoms with Crippen LogP contribution in [0.3, 0.4) is 0 Å². The zero-order valence-electron chi connectivity index (χ0n) is 14.5. The lowest BCUT2D eigenvalue weighted by atomic mass is 9.88. The zero-order chi connectivity index (χ0) is 18.7. The molecule has 130 valence electrons. The fourth-order valence-corrected chi connectivity index (χ4v) is 3.97. The Morgan fingerprint density at radius 1 is 0.852 bits per heavy atom. The highest BCUT2D eigenvalue weighted by Gasteiger charge is 2.33. The van der Waals surface area contributed by atoms with Crippen molar-refractivity contribution in [2.75, 3.05) is 11.9 Å². The maximum absolute atomic E-state index is 13.4. The third-order valence-electron chi connectivity index (χ3n) is 5.24. The van der Waals surface area contributed by atoms with Crippen LogP contribution in [0.15, 0.2) is 66.7 Å². The number of halogens is 1. The largest absolute Gasteiger partial charge is 0.311 e. The van der Waals surface area contributed by atoms with Gasteiger partial charge in [0.2, 0.25) is 0 Å². The predicted molar refractivity (Wildman–Crippen MR) is 104 cm³/mol. The second-order valence-corrected chi connectivity index (χ2v) is 6.70. The number of hydrogen-bond donors (Lipinski definition) is 0. The number of fused-ring (bicyclic) bond motifs is 2. The van der Waals surface area contributed by atoms with Crippen molar-refractivity contribution in [2.24, 2.45) is 0 Å². The van der Waals surface area contributed by atoms with E-state index in [4.69, 9.17) is 0 Å². The maximum atomic E-state index is 13.4. The van der Waals surface area contributed by atoms with E-state index in [-0.39, 0.29) is 11.7 Å². The van der Waals surface area contributed by atoms with Crippen molar-refractivity contribution in [3.8, 4) is 0 Å². The third kappa shape index (κ3) is 2.07. The van der Waals surface area contributed by atoms with Crippen molar-refractivity contribution in [3.05, 3.63) is 89.2 Å². The van der Waals surface area contributed by atoms with Crippen LogP contribution in [0.4, 0.5) is 10.1 Å². The third-order valence-corrected chi connectivity index (χ3v) is 5.24. The lowest BCUT2D eigenvalue weighted by molar-refractivity contribution is 0.0982. The van der Waals surface area contributed by atoms with Crippen molar-refractivity contribution >= 4 is 38.9 Å². The minimum Gasteiger partial charge on any atom is -0.311 e. The van der Waals surface area contributed by atoms with E-state index in [0.717, 1.165) is 27.2 Å². The van der Waals surface area contributed by atoms with E-state index >= 15 is 0 Å². The second kappa shape index (κ2) is 5.48. The summed E-state index contributed by atoms with van der Waals surface area (Å²) in [6.07, 6.45) is 0. The van der Waals surface area contributed by atoms with E-state index in [9.17, 15) is 14.0 Å². The van der Waals surface area contributed by atoms with E-state index in [1.165, 1.54) is 24.3 Å². The van der Waals surface area contributed by atoms with Gasteiger partial charge < -0.3 is 4.90 Å². The Bertz CT molecular complexity index is 1280. The molecule has 5 rings (SSSR count).